The molecule has 0 fully saturated rings. The average Bonchev–Trinajstić information content (AvgIpc) is 2.81. The van der Waals surface area contributed by atoms with Gasteiger partial charge in [-0.3, -0.25) is 0 Å². The van der Waals surface area contributed by atoms with Crippen LogP contribution < -0.4 is 21.7 Å². The molecular weight excluding hydrogens is 508 g/mol. The van der Waals surface area contributed by atoms with Crippen LogP contribution in [0.4, 0.5) is 0 Å². The molecule has 2 rings (SSSR count). The molecule has 0 saturated carbocycles. The van der Waals surface area contributed by atoms with Crippen LogP contribution in [0.2, 0.25) is 0 Å². The number of phenols is 2. The van der Waals surface area contributed by atoms with Gasteiger partial charge in [0.25, 0.3) is 0 Å². The Hall–Kier alpha value is -4.76. The molecule has 0 radical (unpaired) electrons. The van der Waals surface area contributed by atoms with Crippen LogP contribution in [0.3, 0.4) is 0 Å². The van der Waals surface area contributed by atoms with Crippen molar-refractivity contribution >= 4 is 23.9 Å². The number of phenolic OH excluding ortho intramolecular Hbond substituents is 2. The highest BCUT2D eigenvalue weighted by molar-refractivity contribution is 5.89. The molecule has 2 aromatic rings. The maximum Gasteiger partial charge on any atom is 0.328 e. The van der Waals surface area contributed by atoms with Crippen molar-refractivity contribution in [3.8, 4) is 11.5 Å². The third-order valence-corrected chi connectivity index (χ3v) is 3.53. The van der Waals surface area contributed by atoms with Gasteiger partial charge in [-0.15, -0.1) is 0 Å². The minimum atomic E-state index is -1.55. The van der Waals surface area contributed by atoms with E-state index in [0.29, 0.717) is 35.8 Å². The number of aliphatic carboxylic acids is 4. The van der Waals surface area contributed by atoms with E-state index < -0.39 is 23.9 Å². The first kappa shape index (κ1) is 40.4. The fraction of sp³-hybridized carbons (Fsp3) is 0.167. The van der Waals surface area contributed by atoms with Crippen molar-refractivity contribution < 1.29 is 72.2 Å². The number of carbonyl (C=O) groups excluding carboxylic acids is 2. The van der Waals surface area contributed by atoms with Crippen molar-refractivity contribution in [3.63, 3.8) is 0 Å². The molecule has 0 aliphatic heterocycles. The van der Waals surface area contributed by atoms with Gasteiger partial charge >= 0.3 is 11.9 Å². The van der Waals surface area contributed by atoms with E-state index in [-0.39, 0.29) is 11.0 Å². The molecule has 0 amide bonds. The van der Waals surface area contributed by atoms with Gasteiger partial charge in [-0.1, -0.05) is 24.3 Å². The highest BCUT2D eigenvalue weighted by atomic mass is 16.4. The van der Waals surface area contributed by atoms with E-state index in [9.17, 15) is 29.4 Å². The summed E-state index contributed by atoms with van der Waals surface area (Å²) in [7, 11) is 0. The van der Waals surface area contributed by atoms with Gasteiger partial charge < -0.3 is 62.6 Å². The number of quaternary nitrogens is 2. The van der Waals surface area contributed by atoms with Crippen LogP contribution in [-0.2, 0) is 32.0 Å². The fourth-order valence-electron chi connectivity index (χ4n) is 2.01. The van der Waals surface area contributed by atoms with Crippen LogP contribution in [0.1, 0.15) is 11.1 Å². The maximum atomic E-state index is 9.55. The fourth-order valence-corrected chi connectivity index (χ4v) is 2.01. The molecule has 14 N–H and O–H groups in total. The molecule has 0 saturated heterocycles. The molecule has 0 unspecified atom stereocenters. The maximum absolute atomic E-state index is 9.55. The van der Waals surface area contributed by atoms with Crippen molar-refractivity contribution in [2.75, 3.05) is 13.1 Å². The second kappa shape index (κ2) is 25.3. The first-order valence-electron chi connectivity index (χ1n) is 10.3. The predicted octanol–water partition coefficient (Wildman–Crippen LogP) is -4.54. The lowest BCUT2D eigenvalue weighted by molar-refractivity contribution is -0.367. The minimum Gasteiger partial charge on any atom is -0.545 e. The van der Waals surface area contributed by atoms with Crippen molar-refractivity contribution in [1.82, 2.24) is 0 Å². The summed E-state index contributed by atoms with van der Waals surface area (Å²) in [6.45, 7) is 1.82. The molecule has 0 bridgehead atoms. The normalized spacial score (nSPS) is 9.11. The zero-order valence-electron chi connectivity index (χ0n) is 20.4. The zero-order valence-corrected chi connectivity index (χ0v) is 20.4. The lowest BCUT2D eigenvalue weighted by atomic mass is 10.1. The standard InChI is InChI=1S/2C8H11NO.2C4H4O4.2H2O/c2*9-6-5-7-1-3-8(10)4-2-7;2*5-3(6)1-2-4(7)8;;/h2*1-4,10H,5-6,9H2;2*1-2H,(H,5,6)(H,7,8);2*1H2/b;;2*2-1+;;. The topological polar surface area (TPSA) is 314 Å². The minimum absolute atomic E-state index is 0. The number of rotatable bonds is 8. The predicted molar refractivity (Wildman–Crippen MR) is 130 cm³/mol. The summed E-state index contributed by atoms with van der Waals surface area (Å²) in [6.07, 6.45) is 3.86. The molecule has 0 aliphatic rings. The number of carboxylic acids is 4. The lowest BCUT2D eigenvalue weighted by Gasteiger charge is -1.95. The van der Waals surface area contributed by atoms with Gasteiger partial charge in [-0.25, -0.2) is 9.59 Å². The number of carbonyl (C=O) groups is 4. The Kier molecular flexibility index (Phi) is 26.9. The van der Waals surface area contributed by atoms with Crippen molar-refractivity contribution in [3.05, 3.63) is 84.0 Å². The quantitative estimate of drug-likeness (QED) is 0.173. The number of carboxylic acid groups (broad SMARTS) is 4. The van der Waals surface area contributed by atoms with Crippen LogP contribution in [0, 0.1) is 0 Å². The van der Waals surface area contributed by atoms with Gasteiger partial charge in [0.05, 0.1) is 25.0 Å². The van der Waals surface area contributed by atoms with E-state index in [1.54, 1.807) is 24.3 Å². The number of aromatic hydroxyl groups is 2. The van der Waals surface area contributed by atoms with Gasteiger partial charge in [-0.05, 0) is 47.5 Å². The van der Waals surface area contributed by atoms with Crippen LogP contribution in [0.15, 0.2) is 72.8 Å². The third kappa shape index (κ3) is 29.3. The smallest absolute Gasteiger partial charge is 0.328 e. The van der Waals surface area contributed by atoms with E-state index in [0.717, 1.165) is 25.9 Å². The third-order valence-electron chi connectivity index (χ3n) is 3.53. The van der Waals surface area contributed by atoms with E-state index >= 15 is 0 Å². The van der Waals surface area contributed by atoms with Gasteiger partial charge in [0.15, 0.2) is 0 Å². The Morgan fingerprint density at radius 1 is 0.605 bits per heavy atom. The Labute approximate surface area is 218 Å². The van der Waals surface area contributed by atoms with Gasteiger partial charge in [0.2, 0.25) is 0 Å². The highest BCUT2D eigenvalue weighted by Crippen LogP contribution is 2.09. The summed E-state index contributed by atoms with van der Waals surface area (Å²) < 4.78 is 0. The summed E-state index contributed by atoms with van der Waals surface area (Å²) in [5, 5.41) is 52.3. The second-order valence-corrected chi connectivity index (χ2v) is 6.52. The molecule has 2 aromatic carbocycles. The van der Waals surface area contributed by atoms with E-state index in [1.165, 1.54) is 11.1 Å². The SMILES string of the molecule is O.O.O=C(O)/C=C/C(=O)O.O=C([O-])/C=C/C(=O)[O-].[NH3+]CCc1ccc(O)cc1.[NH3+]CCc1ccc(O)cc1. The molecule has 0 atom stereocenters. The highest BCUT2D eigenvalue weighted by Gasteiger charge is 1.92. The molecule has 14 nitrogen and oxygen atoms in total. The first-order chi connectivity index (χ1) is 16.9. The van der Waals surface area contributed by atoms with Crippen LogP contribution >= 0.6 is 0 Å². The van der Waals surface area contributed by atoms with Crippen LogP contribution in [0.5, 0.6) is 11.5 Å². The molecule has 0 aliphatic carbocycles. The summed E-state index contributed by atoms with van der Waals surface area (Å²) in [5.41, 5.74) is 9.94. The summed E-state index contributed by atoms with van der Waals surface area (Å²) in [4.78, 5) is 37.9. The molecule has 212 valence electrons. The molecular formula is C24H34N2O12. The zero-order chi connectivity index (χ0) is 27.9. The Balaban J connectivity index is -0.000000201. The molecule has 0 aromatic heterocycles. The van der Waals surface area contributed by atoms with Crippen molar-refractivity contribution in [2.45, 2.75) is 12.8 Å². The van der Waals surface area contributed by atoms with Gasteiger partial charge in [-0.2, -0.15) is 0 Å². The van der Waals surface area contributed by atoms with E-state index in [4.69, 9.17) is 20.4 Å². The Morgan fingerprint density at radius 2 is 0.868 bits per heavy atom. The largest absolute Gasteiger partial charge is 0.545 e. The Morgan fingerprint density at radius 3 is 1.05 bits per heavy atom. The molecule has 0 spiro atoms. The first-order valence-corrected chi connectivity index (χ1v) is 10.3. The van der Waals surface area contributed by atoms with E-state index in [1.807, 2.05) is 24.3 Å². The molecule has 38 heavy (non-hydrogen) atoms. The summed E-state index contributed by atoms with van der Waals surface area (Å²) in [6, 6.07) is 14.5. The van der Waals surface area contributed by atoms with Gasteiger partial charge in [0.1, 0.15) is 11.5 Å². The average molecular weight is 543 g/mol. The Bertz CT molecular complexity index is 875. The van der Waals surface area contributed by atoms with E-state index in [2.05, 4.69) is 11.5 Å². The van der Waals surface area contributed by atoms with Crippen LogP contribution in [-0.4, -0.2) is 68.3 Å². The van der Waals surface area contributed by atoms with Crippen LogP contribution in [0.25, 0.3) is 0 Å². The lowest BCUT2D eigenvalue weighted by Crippen LogP contribution is -2.51. The number of hydrogen-bond donors (Lipinski definition) is 6. The number of benzene rings is 2. The summed E-state index contributed by atoms with van der Waals surface area (Å²) in [5.74, 6) is -4.95. The number of hydrogen-bond acceptors (Lipinski definition) is 8. The monoisotopic (exact) mass is 542 g/mol. The summed E-state index contributed by atoms with van der Waals surface area (Å²) >= 11 is 0. The second-order valence-electron chi connectivity index (χ2n) is 6.52. The molecule has 14 heteroatoms. The van der Waals surface area contributed by atoms with Crippen molar-refractivity contribution in [2.24, 2.45) is 0 Å². The molecule has 0 heterocycles. The van der Waals surface area contributed by atoms with Crippen molar-refractivity contribution in [1.29, 1.82) is 0 Å². The van der Waals surface area contributed by atoms with Gasteiger partial charge in [0, 0.05) is 25.0 Å².